The number of anilines is 1. The molecule has 0 heterocycles. The van der Waals surface area contributed by atoms with Gasteiger partial charge in [0.05, 0.1) is 4.90 Å². The lowest BCUT2D eigenvalue weighted by Gasteiger charge is -2.10. The first-order chi connectivity index (χ1) is 11.9. The van der Waals surface area contributed by atoms with Crippen molar-refractivity contribution in [2.24, 2.45) is 0 Å². The maximum absolute atomic E-state index is 12.4. The molecule has 1 amide bonds. The Balaban J connectivity index is 1.61. The fourth-order valence-electron chi connectivity index (χ4n) is 2.28. The Kier molecular flexibility index (Phi) is 4.94. The van der Waals surface area contributed by atoms with Gasteiger partial charge in [-0.15, -0.1) is 0 Å². The molecule has 2 N–H and O–H groups in total. The van der Waals surface area contributed by atoms with Crippen LogP contribution in [0.1, 0.15) is 18.4 Å². The van der Waals surface area contributed by atoms with Crippen molar-refractivity contribution in [2.45, 2.75) is 30.7 Å². The van der Waals surface area contributed by atoms with E-state index in [-0.39, 0.29) is 23.5 Å². The molecular weight excluding hydrogens is 340 g/mol. The van der Waals surface area contributed by atoms with Gasteiger partial charge in [-0.1, -0.05) is 12.1 Å². The highest BCUT2D eigenvalue weighted by Crippen LogP contribution is 2.20. The molecule has 25 heavy (non-hydrogen) atoms. The number of carbonyl (C=O) groups excluding carboxylic acids is 1. The summed E-state index contributed by atoms with van der Waals surface area (Å²) in [6.07, 6.45) is 2.04. The van der Waals surface area contributed by atoms with Crippen LogP contribution in [0, 0.1) is 6.92 Å². The molecule has 6 nitrogen and oxygen atoms in total. The summed E-state index contributed by atoms with van der Waals surface area (Å²) in [6.45, 7) is 1.81. The number of aryl methyl sites for hydroxylation is 1. The van der Waals surface area contributed by atoms with Crippen LogP contribution < -0.4 is 14.8 Å². The van der Waals surface area contributed by atoms with E-state index in [0.29, 0.717) is 11.4 Å². The van der Waals surface area contributed by atoms with Crippen molar-refractivity contribution in [1.29, 1.82) is 0 Å². The monoisotopic (exact) mass is 360 g/mol. The second-order valence-corrected chi connectivity index (χ2v) is 7.76. The Morgan fingerprint density at radius 2 is 1.88 bits per heavy atom. The fraction of sp³-hybridized carbons (Fsp3) is 0.278. The van der Waals surface area contributed by atoms with Crippen LogP contribution in [-0.2, 0) is 14.8 Å². The lowest BCUT2D eigenvalue weighted by Crippen LogP contribution is -2.30. The molecule has 0 spiro atoms. The maximum Gasteiger partial charge on any atom is 0.261 e. The van der Waals surface area contributed by atoms with E-state index in [1.54, 1.807) is 18.2 Å². The summed E-state index contributed by atoms with van der Waals surface area (Å²) in [5, 5.41) is 2.82. The van der Waals surface area contributed by atoms with Gasteiger partial charge in [0.25, 0.3) is 15.9 Å². The van der Waals surface area contributed by atoms with E-state index in [1.807, 2.05) is 13.0 Å². The molecule has 0 aliphatic heterocycles. The van der Waals surface area contributed by atoms with Gasteiger partial charge in [-0.2, -0.15) is 0 Å². The lowest BCUT2D eigenvalue weighted by molar-refractivity contribution is -0.123. The summed E-state index contributed by atoms with van der Waals surface area (Å²) in [5.41, 5.74) is 1.48. The average Bonchev–Trinajstić information content (AvgIpc) is 3.37. The highest BCUT2D eigenvalue weighted by molar-refractivity contribution is 7.92. The standard InChI is InChI=1S/C18H20N2O4S/c1-13-3-2-4-15(11-13)20-25(22,23)17-9-7-16(8-10-17)24-12-18(21)19-14-5-6-14/h2-4,7-11,14,20H,5-6,12H2,1H3,(H,19,21). The minimum Gasteiger partial charge on any atom is -0.484 e. The van der Waals surface area contributed by atoms with E-state index in [4.69, 9.17) is 4.74 Å². The van der Waals surface area contributed by atoms with Gasteiger partial charge in [-0.05, 0) is 61.7 Å². The number of hydrogen-bond donors (Lipinski definition) is 2. The van der Waals surface area contributed by atoms with Gasteiger partial charge in [-0.25, -0.2) is 8.42 Å². The number of hydrogen-bond acceptors (Lipinski definition) is 4. The van der Waals surface area contributed by atoms with Crippen molar-refractivity contribution in [3.05, 3.63) is 54.1 Å². The second-order valence-electron chi connectivity index (χ2n) is 6.08. The Bertz CT molecular complexity index is 859. The van der Waals surface area contributed by atoms with Crippen LogP contribution in [0.2, 0.25) is 0 Å². The Labute approximate surface area is 147 Å². The molecule has 0 bridgehead atoms. The van der Waals surface area contributed by atoms with Crippen molar-refractivity contribution in [3.63, 3.8) is 0 Å². The quantitative estimate of drug-likeness (QED) is 0.794. The highest BCUT2D eigenvalue weighted by atomic mass is 32.2. The third kappa shape index (κ3) is 4.96. The minimum atomic E-state index is -3.67. The first-order valence-electron chi connectivity index (χ1n) is 8.04. The molecule has 1 aliphatic carbocycles. The van der Waals surface area contributed by atoms with Crippen LogP contribution in [0.25, 0.3) is 0 Å². The number of amides is 1. The normalized spacial score (nSPS) is 14.0. The molecule has 7 heteroatoms. The Hall–Kier alpha value is -2.54. The van der Waals surface area contributed by atoms with E-state index in [1.165, 1.54) is 24.3 Å². The molecule has 0 aromatic heterocycles. The van der Waals surface area contributed by atoms with E-state index in [0.717, 1.165) is 18.4 Å². The van der Waals surface area contributed by atoms with Crippen molar-refractivity contribution >= 4 is 21.6 Å². The smallest absolute Gasteiger partial charge is 0.261 e. The van der Waals surface area contributed by atoms with Crippen molar-refractivity contribution < 1.29 is 17.9 Å². The van der Waals surface area contributed by atoms with E-state index in [9.17, 15) is 13.2 Å². The molecule has 0 saturated heterocycles. The SMILES string of the molecule is Cc1cccc(NS(=O)(=O)c2ccc(OCC(=O)NC3CC3)cc2)c1. The molecule has 1 fully saturated rings. The maximum atomic E-state index is 12.4. The average molecular weight is 360 g/mol. The van der Waals surface area contributed by atoms with Crippen LogP contribution >= 0.6 is 0 Å². The number of rotatable bonds is 7. The topological polar surface area (TPSA) is 84.5 Å². The predicted molar refractivity (Wildman–Crippen MR) is 95.1 cm³/mol. The van der Waals surface area contributed by atoms with E-state index in [2.05, 4.69) is 10.0 Å². The third-order valence-electron chi connectivity index (χ3n) is 3.72. The lowest BCUT2D eigenvalue weighted by atomic mass is 10.2. The molecule has 0 unspecified atom stereocenters. The highest BCUT2D eigenvalue weighted by Gasteiger charge is 2.23. The number of sulfonamides is 1. The van der Waals surface area contributed by atoms with Gasteiger partial charge < -0.3 is 10.1 Å². The molecule has 0 radical (unpaired) electrons. The van der Waals surface area contributed by atoms with Crippen molar-refractivity contribution in [2.75, 3.05) is 11.3 Å². The van der Waals surface area contributed by atoms with Gasteiger partial charge >= 0.3 is 0 Å². The van der Waals surface area contributed by atoms with Crippen LogP contribution in [0.15, 0.2) is 53.4 Å². The third-order valence-corrected chi connectivity index (χ3v) is 5.11. The summed E-state index contributed by atoms with van der Waals surface area (Å²) in [6, 6.07) is 13.4. The number of carbonyl (C=O) groups is 1. The van der Waals surface area contributed by atoms with Gasteiger partial charge in [0.1, 0.15) is 5.75 Å². The van der Waals surface area contributed by atoms with E-state index >= 15 is 0 Å². The first-order valence-corrected chi connectivity index (χ1v) is 9.52. The number of ether oxygens (including phenoxy) is 1. The minimum absolute atomic E-state index is 0.0792. The number of nitrogens with one attached hydrogen (secondary N) is 2. The summed E-state index contributed by atoms with van der Waals surface area (Å²) in [5.74, 6) is 0.278. The molecular formula is C18H20N2O4S. The molecule has 1 aliphatic rings. The summed E-state index contributed by atoms with van der Waals surface area (Å²) < 4.78 is 32.7. The van der Waals surface area contributed by atoms with Crippen LogP contribution in [0.3, 0.4) is 0 Å². The predicted octanol–water partition coefficient (Wildman–Crippen LogP) is 2.45. The summed E-state index contributed by atoms with van der Waals surface area (Å²) in [4.78, 5) is 11.7. The molecule has 3 rings (SSSR count). The van der Waals surface area contributed by atoms with Gasteiger partial charge in [-0.3, -0.25) is 9.52 Å². The zero-order valence-electron chi connectivity index (χ0n) is 13.9. The molecule has 2 aromatic rings. The first kappa shape index (κ1) is 17.3. The number of benzene rings is 2. The van der Waals surface area contributed by atoms with Crippen LogP contribution in [0.5, 0.6) is 5.75 Å². The Morgan fingerprint density at radius 1 is 1.16 bits per heavy atom. The molecule has 1 saturated carbocycles. The summed E-state index contributed by atoms with van der Waals surface area (Å²) in [7, 11) is -3.67. The Morgan fingerprint density at radius 3 is 2.52 bits per heavy atom. The molecule has 2 aromatic carbocycles. The largest absolute Gasteiger partial charge is 0.484 e. The summed E-state index contributed by atoms with van der Waals surface area (Å²) >= 11 is 0. The second kappa shape index (κ2) is 7.14. The zero-order valence-corrected chi connectivity index (χ0v) is 14.7. The molecule has 0 atom stereocenters. The van der Waals surface area contributed by atoms with Crippen molar-refractivity contribution in [1.82, 2.24) is 5.32 Å². The van der Waals surface area contributed by atoms with E-state index < -0.39 is 10.0 Å². The zero-order chi connectivity index (χ0) is 17.9. The fourth-order valence-corrected chi connectivity index (χ4v) is 3.33. The van der Waals surface area contributed by atoms with Crippen molar-refractivity contribution in [3.8, 4) is 5.75 Å². The van der Waals surface area contributed by atoms with Gasteiger partial charge in [0.2, 0.25) is 0 Å². The molecule has 132 valence electrons. The van der Waals surface area contributed by atoms with Gasteiger partial charge in [0, 0.05) is 11.7 Å². The van der Waals surface area contributed by atoms with Crippen LogP contribution in [-0.4, -0.2) is 27.0 Å². The van der Waals surface area contributed by atoms with Crippen LogP contribution in [0.4, 0.5) is 5.69 Å². The van der Waals surface area contributed by atoms with Gasteiger partial charge in [0.15, 0.2) is 6.61 Å².